The SMILES string of the molecule is O=c1cc(CSc2ccc(C(F)(F)F)cn2)nc2ccc(Cl)cn12. The van der Waals surface area contributed by atoms with E-state index in [1.807, 2.05) is 0 Å². The molecular formula is C15H9ClF3N3OS. The van der Waals surface area contributed by atoms with Crippen LogP contribution in [0.25, 0.3) is 5.65 Å². The molecule has 0 fully saturated rings. The zero-order valence-corrected chi connectivity index (χ0v) is 13.5. The molecule has 3 heterocycles. The van der Waals surface area contributed by atoms with Gasteiger partial charge in [-0.1, -0.05) is 11.6 Å². The number of hydrogen-bond acceptors (Lipinski definition) is 4. The van der Waals surface area contributed by atoms with Gasteiger partial charge in [-0.05, 0) is 24.3 Å². The van der Waals surface area contributed by atoms with E-state index in [1.165, 1.54) is 34.5 Å². The molecule has 0 aliphatic rings. The maximum atomic E-state index is 12.5. The molecule has 0 aliphatic heterocycles. The molecule has 3 aromatic rings. The first-order valence-corrected chi connectivity index (χ1v) is 8.03. The fraction of sp³-hybridized carbons (Fsp3) is 0.133. The topological polar surface area (TPSA) is 47.3 Å². The Labute approximate surface area is 143 Å². The number of fused-ring (bicyclic) bond motifs is 1. The first-order chi connectivity index (χ1) is 11.3. The number of aromatic nitrogens is 3. The summed E-state index contributed by atoms with van der Waals surface area (Å²) in [7, 11) is 0. The van der Waals surface area contributed by atoms with Crippen molar-refractivity contribution in [2.45, 2.75) is 17.0 Å². The van der Waals surface area contributed by atoms with Crippen molar-refractivity contribution < 1.29 is 13.2 Å². The molecule has 3 aromatic heterocycles. The Morgan fingerprint density at radius 3 is 2.67 bits per heavy atom. The molecule has 0 unspecified atom stereocenters. The fourth-order valence-corrected chi connectivity index (χ4v) is 2.88. The van der Waals surface area contributed by atoms with Gasteiger partial charge in [0, 0.05) is 24.2 Å². The molecule has 9 heteroatoms. The van der Waals surface area contributed by atoms with Gasteiger partial charge < -0.3 is 0 Å². The number of hydrogen-bond donors (Lipinski definition) is 0. The molecular weight excluding hydrogens is 363 g/mol. The van der Waals surface area contributed by atoms with Gasteiger partial charge in [0.05, 0.1) is 21.3 Å². The Morgan fingerprint density at radius 1 is 1.21 bits per heavy atom. The molecule has 4 nitrogen and oxygen atoms in total. The monoisotopic (exact) mass is 371 g/mol. The largest absolute Gasteiger partial charge is 0.417 e. The van der Waals surface area contributed by atoms with E-state index < -0.39 is 11.7 Å². The number of thioether (sulfide) groups is 1. The standard InChI is InChI=1S/C15H9ClF3N3OS/c16-10-2-3-12-21-11(5-14(23)22(12)7-10)8-24-13-4-1-9(6-20-13)15(17,18)19/h1-7H,8H2. The summed E-state index contributed by atoms with van der Waals surface area (Å²) in [5.41, 5.74) is -0.124. The van der Waals surface area contributed by atoms with Crippen molar-refractivity contribution in [2.24, 2.45) is 0 Å². The molecule has 0 aromatic carbocycles. The van der Waals surface area contributed by atoms with Gasteiger partial charge >= 0.3 is 6.18 Å². The van der Waals surface area contributed by atoms with Crippen molar-refractivity contribution in [3.05, 3.63) is 69.4 Å². The van der Waals surface area contributed by atoms with Gasteiger partial charge in [0.1, 0.15) is 5.65 Å². The highest BCUT2D eigenvalue weighted by Gasteiger charge is 2.30. The summed E-state index contributed by atoms with van der Waals surface area (Å²) < 4.78 is 38.8. The van der Waals surface area contributed by atoms with Crippen molar-refractivity contribution in [1.29, 1.82) is 0 Å². The van der Waals surface area contributed by atoms with E-state index in [4.69, 9.17) is 11.6 Å². The summed E-state index contributed by atoms with van der Waals surface area (Å²) in [5.74, 6) is 0.312. The van der Waals surface area contributed by atoms with Gasteiger partial charge in [-0.3, -0.25) is 9.20 Å². The molecule has 24 heavy (non-hydrogen) atoms. The summed E-state index contributed by atoms with van der Waals surface area (Å²) >= 11 is 7.03. The molecule has 0 N–H and O–H groups in total. The molecule has 0 aliphatic carbocycles. The zero-order chi connectivity index (χ0) is 17.3. The lowest BCUT2D eigenvalue weighted by Gasteiger charge is -2.07. The van der Waals surface area contributed by atoms with E-state index in [1.54, 1.807) is 12.1 Å². The fourth-order valence-electron chi connectivity index (χ4n) is 1.98. The predicted molar refractivity (Wildman–Crippen MR) is 85.3 cm³/mol. The normalized spacial score (nSPS) is 11.8. The minimum Gasteiger partial charge on any atom is -0.269 e. The van der Waals surface area contributed by atoms with Gasteiger partial charge in [-0.25, -0.2) is 9.97 Å². The van der Waals surface area contributed by atoms with Crippen LogP contribution in [0, 0.1) is 0 Å². The zero-order valence-electron chi connectivity index (χ0n) is 11.9. The number of pyridine rings is 2. The quantitative estimate of drug-likeness (QED) is 0.651. The first kappa shape index (κ1) is 16.8. The minimum atomic E-state index is -4.41. The molecule has 124 valence electrons. The van der Waals surface area contributed by atoms with Crippen LogP contribution in [-0.4, -0.2) is 14.4 Å². The van der Waals surface area contributed by atoms with Crippen LogP contribution in [0.5, 0.6) is 0 Å². The lowest BCUT2D eigenvalue weighted by Crippen LogP contribution is -2.15. The molecule has 0 bridgehead atoms. The van der Waals surface area contributed by atoms with E-state index in [-0.39, 0.29) is 5.56 Å². The second-order valence-corrected chi connectivity index (χ2v) is 6.26. The highest BCUT2D eigenvalue weighted by atomic mass is 35.5. The molecule has 0 saturated carbocycles. The van der Waals surface area contributed by atoms with Crippen molar-refractivity contribution in [1.82, 2.24) is 14.4 Å². The highest BCUT2D eigenvalue weighted by molar-refractivity contribution is 7.98. The maximum Gasteiger partial charge on any atom is 0.417 e. The van der Waals surface area contributed by atoms with Crippen LogP contribution < -0.4 is 5.56 Å². The Kier molecular flexibility index (Phi) is 4.51. The van der Waals surface area contributed by atoms with E-state index >= 15 is 0 Å². The van der Waals surface area contributed by atoms with Crippen molar-refractivity contribution in [3.8, 4) is 0 Å². The number of alkyl halides is 3. The third-order valence-corrected chi connectivity index (χ3v) is 4.31. The summed E-state index contributed by atoms with van der Waals surface area (Å²) in [6, 6.07) is 6.87. The number of halogens is 4. The lowest BCUT2D eigenvalue weighted by molar-refractivity contribution is -0.137. The van der Waals surface area contributed by atoms with Crippen molar-refractivity contribution >= 4 is 29.0 Å². The summed E-state index contributed by atoms with van der Waals surface area (Å²) in [4.78, 5) is 20.1. The number of nitrogens with zero attached hydrogens (tertiary/aromatic N) is 3. The van der Waals surface area contributed by atoms with Gasteiger partial charge in [0.15, 0.2) is 0 Å². The van der Waals surface area contributed by atoms with Crippen LogP contribution in [-0.2, 0) is 11.9 Å². The van der Waals surface area contributed by atoms with E-state index in [0.717, 1.165) is 12.3 Å². The Balaban J connectivity index is 1.78. The summed E-state index contributed by atoms with van der Waals surface area (Å²) in [6.45, 7) is 0. The van der Waals surface area contributed by atoms with Gasteiger partial charge in [0.2, 0.25) is 0 Å². The van der Waals surface area contributed by atoms with Gasteiger partial charge in [-0.2, -0.15) is 13.2 Å². The van der Waals surface area contributed by atoms with Crippen molar-refractivity contribution in [2.75, 3.05) is 0 Å². The maximum absolute atomic E-state index is 12.5. The van der Waals surface area contributed by atoms with E-state index in [0.29, 0.717) is 27.1 Å². The highest BCUT2D eigenvalue weighted by Crippen LogP contribution is 2.30. The molecule has 0 amide bonds. The Bertz CT molecular complexity index is 941. The van der Waals surface area contributed by atoms with Gasteiger partial charge in [-0.15, -0.1) is 11.8 Å². The van der Waals surface area contributed by atoms with Crippen LogP contribution in [0.1, 0.15) is 11.3 Å². The average Bonchev–Trinajstić information content (AvgIpc) is 2.53. The minimum absolute atomic E-state index is 0.279. The van der Waals surface area contributed by atoms with E-state index in [2.05, 4.69) is 9.97 Å². The smallest absolute Gasteiger partial charge is 0.269 e. The van der Waals surface area contributed by atoms with Crippen LogP contribution in [0.3, 0.4) is 0 Å². The molecule has 0 saturated heterocycles. The van der Waals surface area contributed by atoms with Crippen molar-refractivity contribution in [3.63, 3.8) is 0 Å². The Morgan fingerprint density at radius 2 is 2.00 bits per heavy atom. The molecule has 0 radical (unpaired) electrons. The van der Waals surface area contributed by atoms with Crippen LogP contribution in [0.2, 0.25) is 5.02 Å². The summed E-state index contributed by atoms with van der Waals surface area (Å²) in [5, 5.41) is 0.837. The van der Waals surface area contributed by atoms with Gasteiger partial charge in [0.25, 0.3) is 5.56 Å². The van der Waals surface area contributed by atoms with Crippen LogP contribution in [0.15, 0.2) is 52.5 Å². The van der Waals surface area contributed by atoms with E-state index in [9.17, 15) is 18.0 Å². The lowest BCUT2D eigenvalue weighted by atomic mass is 10.3. The first-order valence-electron chi connectivity index (χ1n) is 6.67. The Hall–Kier alpha value is -2.06. The molecule has 3 rings (SSSR count). The molecule has 0 spiro atoms. The third kappa shape index (κ3) is 3.70. The van der Waals surface area contributed by atoms with Crippen LogP contribution in [0.4, 0.5) is 13.2 Å². The predicted octanol–water partition coefficient (Wildman–Crippen LogP) is 4.05. The second kappa shape index (κ2) is 6.45. The van der Waals surface area contributed by atoms with Crippen LogP contribution >= 0.6 is 23.4 Å². The second-order valence-electron chi connectivity index (χ2n) is 4.83. The third-order valence-electron chi connectivity index (χ3n) is 3.11. The molecule has 0 atom stereocenters. The average molecular weight is 372 g/mol. The number of rotatable bonds is 3. The summed E-state index contributed by atoms with van der Waals surface area (Å²) in [6.07, 6.45) is -2.15.